The molecule has 0 N–H and O–H groups in total. The summed E-state index contributed by atoms with van der Waals surface area (Å²) in [6.07, 6.45) is 10.7. The molecule has 0 amide bonds. The van der Waals surface area contributed by atoms with Gasteiger partial charge in [0.05, 0.1) is 36.6 Å². The van der Waals surface area contributed by atoms with Crippen LogP contribution in [0, 0.1) is 0 Å². The average molecular weight is 238 g/mol. The van der Waals surface area contributed by atoms with Gasteiger partial charge in [0.1, 0.15) is 0 Å². The predicted molar refractivity (Wildman–Crippen MR) is 63.0 cm³/mol. The number of hydrogen-bond donors (Lipinski definition) is 0. The van der Waals surface area contributed by atoms with Crippen molar-refractivity contribution in [1.82, 2.24) is 0 Å². The molecule has 0 unspecified atom stereocenters. The lowest BCUT2D eigenvalue weighted by atomic mass is 9.86. The molecule has 2 aliphatic heterocycles. The van der Waals surface area contributed by atoms with Crippen LogP contribution in [0.1, 0.15) is 51.4 Å². The Labute approximate surface area is 103 Å². The molecule has 2 heterocycles. The number of ether oxygens (including phenoxy) is 3. The highest BCUT2D eigenvalue weighted by Crippen LogP contribution is 2.45. The van der Waals surface area contributed by atoms with Crippen LogP contribution in [0.5, 0.6) is 0 Å². The van der Waals surface area contributed by atoms with E-state index in [-0.39, 0.29) is 0 Å². The molecule has 0 aromatic carbocycles. The summed E-state index contributed by atoms with van der Waals surface area (Å²) >= 11 is 0. The van der Waals surface area contributed by atoms with Crippen molar-refractivity contribution in [2.24, 2.45) is 0 Å². The Morgan fingerprint density at radius 2 is 1.06 bits per heavy atom. The summed E-state index contributed by atoms with van der Waals surface area (Å²) in [5, 5.41) is 0. The largest absolute Gasteiger partial charge is 0.375 e. The maximum absolute atomic E-state index is 6.26. The molecular weight excluding hydrogens is 216 g/mol. The zero-order valence-electron chi connectivity index (χ0n) is 10.5. The van der Waals surface area contributed by atoms with E-state index in [1.807, 2.05) is 0 Å². The minimum absolute atomic E-state index is 0.304. The van der Waals surface area contributed by atoms with Gasteiger partial charge in [0.2, 0.25) is 0 Å². The fourth-order valence-electron chi connectivity index (χ4n) is 3.56. The fraction of sp³-hybridized carbons (Fsp3) is 1.00. The number of hydrogen-bond acceptors (Lipinski definition) is 3. The number of epoxide rings is 2. The van der Waals surface area contributed by atoms with Gasteiger partial charge in [-0.05, 0) is 51.4 Å². The molecule has 2 spiro atoms. The lowest BCUT2D eigenvalue weighted by molar-refractivity contribution is -0.0608. The van der Waals surface area contributed by atoms with Crippen LogP contribution in [-0.4, -0.2) is 36.6 Å². The van der Waals surface area contributed by atoms with E-state index in [1.165, 1.54) is 51.4 Å². The van der Waals surface area contributed by atoms with Crippen LogP contribution in [-0.2, 0) is 14.2 Å². The van der Waals surface area contributed by atoms with E-state index >= 15 is 0 Å². The van der Waals surface area contributed by atoms with E-state index in [4.69, 9.17) is 14.2 Å². The zero-order valence-corrected chi connectivity index (χ0v) is 10.5. The summed E-state index contributed by atoms with van der Waals surface area (Å²) in [6, 6.07) is 0. The standard InChI is InChI=1S/C14H22O3/c1-5-13(9-15-13)6-2-11(1)17-12-3-7-14(8-4-12)10-16-14/h11-12H,1-10H2. The molecule has 17 heavy (non-hydrogen) atoms. The third kappa shape index (κ3) is 2.13. The first kappa shape index (κ1) is 10.8. The molecule has 3 heteroatoms. The molecule has 4 aliphatic rings. The molecule has 0 aromatic heterocycles. The van der Waals surface area contributed by atoms with E-state index in [0.29, 0.717) is 23.4 Å². The Bertz CT molecular complexity index is 257. The molecule has 0 radical (unpaired) electrons. The molecule has 2 aliphatic carbocycles. The Morgan fingerprint density at radius 3 is 1.35 bits per heavy atom. The quantitative estimate of drug-likeness (QED) is 0.693. The van der Waals surface area contributed by atoms with Crippen molar-refractivity contribution < 1.29 is 14.2 Å². The van der Waals surface area contributed by atoms with Gasteiger partial charge in [0.15, 0.2) is 0 Å². The first-order valence-electron chi connectivity index (χ1n) is 7.21. The van der Waals surface area contributed by atoms with E-state index in [9.17, 15) is 0 Å². The summed E-state index contributed by atoms with van der Waals surface area (Å²) in [4.78, 5) is 0. The summed E-state index contributed by atoms with van der Waals surface area (Å²) < 4.78 is 17.3. The second-order valence-corrected chi connectivity index (χ2v) is 6.48. The lowest BCUT2D eigenvalue weighted by Gasteiger charge is -2.33. The van der Waals surface area contributed by atoms with Crippen molar-refractivity contribution in [3.05, 3.63) is 0 Å². The van der Waals surface area contributed by atoms with Gasteiger partial charge in [-0.3, -0.25) is 0 Å². The Morgan fingerprint density at radius 1 is 0.706 bits per heavy atom. The van der Waals surface area contributed by atoms with Crippen LogP contribution in [0.3, 0.4) is 0 Å². The maximum atomic E-state index is 6.26. The Kier molecular flexibility index (Phi) is 2.34. The molecule has 2 saturated carbocycles. The first-order chi connectivity index (χ1) is 8.28. The second kappa shape index (κ2) is 3.69. The lowest BCUT2D eigenvalue weighted by Crippen LogP contribution is -2.33. The highest BCUT2D eigenvalue weighted by Gasteiger charge is 2.49. The van der Waals surface area contributed by atoms with Gasteiger partial charge in [-0.1, -0.05) is 0 Å². The molecule has 0 bridgehead atoms. The minimum atomic E-state index is 0.304. The minimum Gasteiger partial charge on any atom is -0.375 e. The van der Waals surface area contributed by atoms with E-state index in [1.54, 1.807) is 0 Å². The zero-order chi connectivity index (χ0) is 11.3. The molecule has 2 saturated heterocycles. The van der Waals surface area contributed by atoms with Gasteiger partial charge >= 0.3 is 0 Å². The van der Waals surface area contributed by atoms with Gasteiger partial charge < -0.3 is 14.2 Å². The molecule has 96 valence electrons. The molecule has 4 fully saturated rings. The van der Waals surface area contributed by atoms with Crippen molar-refractivity contribution in [3.63, 3.8) is 0 Å². The van der Waals surface area contributed by atoms with Crippen molar-refractivity contribution in [1.29, 1.82) is 0 Å². The highest BCUT2D eigenvalue weighted by molar-refractivity contribution is 4.98. The van der Waals surface area contributed by atoms with Crippen LogP contribution < -0.4 is 0 Å². The SMILES string of the molecule is C1CC2(CCC1OC1CCC3(CC1)CO3)CO2. The molecule has 0 aromatic rings. The van der Waals surface area contributed by atoms with Gasteiger partial charge in [-0.25, -0.2) is 0 Å². The summed E-state index contributed by atoms with van der Waals surface area (Å²) in [5.41, 5.74) is 0.608. The monoisotopic (exact) mass is 238 g/mol. The maximum Gasteiger partial charge on any atom is 0.0918 e. The third-order valence-electron chi connectivity index (χ3n) is 5.18. The smallest absolute Gasteiger partial charge is 0.0918 e. The summed E-state index contributed by atoms with van der Waals surface area (Å²) in [7, 11) is 0. The average Bonchev–Trinajstić information content (AvgIpc) is 3.26. The van der Waals surface area contributed by atoms with E-state index in [2.05, 4.69) is 0 Å². The van der Waals surface area contributed by atoms with Crippen molar-refractivity contribution in [2.45, 2.75) is 74.8 Å². The topological polar surface area (TPSA) is 34.3 Å². The first-order valence-corrected chi connectivity index (χ1v) is 7.21. The Hall–Kier alpha value is -0.120. The van der Waals surface area contributed by atoms with Crippen molar-refractivity contribution >= 4 is 0 Å². The fourth-order valence-corrected chi connectivity index (χ4v) is 3.56. The normalized spacial score (nSPS) is 52.9. The number of rotatable bonds is 2. The van der Waals surface area contributed by atoms with Gasteiger partial charge in [0, 0.05) is 0 Å². The van der Waals surface area contributed by atoms with Crippen LogP contribution >= 0.6 is 0 Å². The van der Waals surface area contributed by atoms with Crippen LogP contribution in [0.15, 0.2) is 0 Å². The van der Waals surface area contributed by atoms with Gasteiger partial charge in [-0.2, -0.15) is 0 Å². The molecule has 3 nitrogen and oxygen atoms in total. The van der Waals surface area contributed by atoms with E-state index in [0.717, 1.165) is 13.2 Å². The predicted octanol–water partition coefficient (Wildman–Crippen LogP) is 2.43. The third-order valence-corrected chi connectivity index (χ3v) is 5.18. The Balaban J connectivity index is 1.24. The van der Waals surface area contributed by atoms with Gasteiger partial charge in [0.25, 0.3) is 0 Å². The summed E-state index contributed by atoms with van der Waals surface area (Å²) in [5.74, 6) is 0. The van der Waals surface area contributed by atoms with E-state index < -0.39 is 0 Å². The van der Waals surface area contributed by atoms with Crippen LogP contribution in [0.25, 0.3) is 0 Å². The molecule has 4 rings (SSSR count). The highest BCUT2D eigenvalue weighted by atomic mass is 16.6. The van der Waals surface area contributed by atoms with Gasteiger partial charge in [-0.15, -0.1) is 0 Å². The second-order valence-electron chi connectivity index (χ2n) is 6.48. The molecule has 0 atom stereocenters. The van der Waals surface area contributed by atoms with Crippen LogP contribution in [0.2, 0.25) is 0 Å². The van der Waals surface area contributed by atoms with Crippen molar-refractivity contribution in [3.8, 4) is 0 Å². The summed E-state index contributed by atoms with van der Waals surface area (Å²) in [6.45, 7) is 2.01. The van der Waals surface area contributed by atoms with Crippen molar-refractivity contribution in [2.75, 3.05) is 13.2 Å². The molecular formula is C14H22O3. The van der Waals surface area contributed by atoms with Crippen LogP contribution in [0.4, 0.5) is 0 Å².